The average Bonchev–Trinajstić information content (AvgIpc) is 3.35. The molecule has 0 saturated heterocycles. The summed E-state index contributed by atoms with van der Waals surface area (Å²) in [6.45, 7) is 33.4. The summed E-state index contributed by atoms with van der Waals surface area (Å²) in [6, 6.07) is 10.4. The molecule has 2 aromatic rings. The number of halogens is 2. The molecule has 2 aliphatic rings. The Kier molecular flexibility index (Phi) is 11.9. The van der Waals surface area contributed by atoms with E-state index in [0.717, 1.165) is 0 Å². The smallest absolute Gasteiger partial charge is 1.00 e. The Balaban J connectivity index is 0.00000308. The van der Waals surface area contributed by atoms with E-state index in [1.54, 1.807) is 19.9 Å². The molecule has 2 aromatic carbocycles. The van der Waals surface area contributed by atoms with E-state index in [1.165, 1.54) is 52.6 Å². The summed E-state index contributed by atoms with van der Waals surface area (Å²) in [6.07, 6.45) is 9.26. The van der Waals surface area contributed by atoms with Gasteiger partial charge in [-0.3, -0.25) is 0 Å². The third-order valence-electron chi connectivity index (χ3n) is 9.29. The number of rotatable bonds is 5. The first-order valence-electron chi connectivity index (χ1n) is 15.8. The predicted octanol–water partition coefficient (Wildman–Crippen LogP) is 5.48. The zero-order valence-corrected chi connectivity index (χ0v) is 33.0. The van der Waals surface area contributed by atoms with Crippen molar-refractivity contribution in [1.29, 1.82) is 0 Å². The van der Waals surface area contributed by atoms with Crippen molar-refractivity contribution >= 4 is 3.21 Å². The van der Waals surface area contributed by atoms with E-state index < -0.39 is 21.3 Å². The molecule has 0 amide bonds. The first-order valence-corrected chi connectivity index (χ1v) is 19.7. The zero-order chi connectivity index (χ0) is 29.9. The van der Waals surface area contributed by atoms with Crippen molar-refractivity contribution in [1.82, 2.24) is 0 Å². The molecule has 0 saturated carbocycles. The summed E-state index contributed by atoms with van der Waals surface area (Å²) < 4.78 is 4.14. The Hall–Kier alpha value is -0.747. The van der Waals surface area contributed by atoms with Gasteiger partial charge in [-0.05, 0) is 0 Å². The molecule has 230 valence electrons. The van der Waals surface area contributed by atoms with Gasteiger partial charge in [-0.1, -0.05) is 0 Å². The Morgan fingerprint density at radius 3 is 1.52 bits per heavy atom. The number of fused-ring (bicyclic) bond motifs is 3. The number of unbranched alkanes of at least 4 members (excludes halogenated alkanes) is 1. The molecular weight excluding hydrogens is 631 g/mol. The maximum atomic E-state index is 2.70. The van der Waals surface area contributed by atoms with Crippen LogP contribution in [0.3, 0.4) is 0 Å². The van der Waals surface area contributed by atoms with E-state index in [-0.39, 0.29) is 41.1 Å². The second-order valence-corrected chi connectivity index (χ2v) is 23.4. The molecule has 0 heterocycles. The summed E-state index contributed by atoms with van der Waals surface area (Å²) in [5, 5.41) is 0. The van der Waals surface area contributed by atoms with Crippen molar-refractivity contribution in [3.8, 4) is 11.1 Å². The van der Waals surface area contributed by atoms with Crippen LogP contribution in [0.1, 0.15) is 139 Å². The maximum absolute atomic E-state index is 2.70. The predicted molar refractivity (Wildman–Crippen MR) is 176 cm³/mol. The van der Waals surface area contributed by atoms with Gasteiger partial charge in [-0.25, -0.2) is 0 Å². The fourth-order valence-corrected chi connectivity index (χ4v) is 15.9. The van der Waals surface area contributed by atoms with Gasteiger partial charge < -0.3 is 24.8 Å². The largest absolute Gasteiger partial charge is 1.00 e. The van der Waals surface area contributed by atoms with Gasteiger partial charge in [0.25, 0.3) is 0 Å². The van der Waals surface area contributed by atoms with Crippen LogP contribution in [-0.4, -0.2) is 3.21 Å². The van der Waals surface area contributed by atoms with Gasteiger partial charge in [-0.15, -0.1) is 0 Å². The van der Waals surface area contributed by atoms with Crippen molar-refractivity contribution in [3.63, 3.8) is 0 Å². The first-order chi connectivity index (χ1) is 18.4. The Bertz CT molecular complexity index is 1340. The number of hydrogen-bond donors (Lipinski definition) is 0. The second-order valence-electron chi connectivity index (χ2n) is 16.1. The maximum Gasteiger partial charge on any atom is -1.00 e. The molecule has 0 fully saturated rings. The second kappa shape index (κ2) is 13.3. The molecular formula is C39H56Cl2Zr. The third-order valence-corrected chi connectivity index (χ3v) is 17.7. The third kappa shape index (κ3) is 7.21. The molecule has 1 atom stereocenters. The van der Waals surface area contributed by atoms with Gasteiger partial charge in [0.1, 0.15) is 0 Å². The molecule has 0 aromatic heterocycles. The van der Waals surface area contributed by atoms with E-state index in [1.807, 2.05) is 3.28 Å². The molecule has 0 bridgehead atoms. The Morgan fingerprint density at radius 1 is 0.714 bits per heavy atom. The minimum Gasteiger partial charge on any atom is -1.00 e. The molecule has 0 spiro atoms. The molecule has 0 nitrogen and oxygen atoms in total. The SMILES string of the molecule is CCCCC1C=C(C(C)(C)C)C=[C]1[Zr+2](=[C](C)C)[CH]1c2cc(C)c(C(C)(C)C)cc2-c2cc(C(C)(C)C)c(C)cc21.[Cl-].[Cl-]. The average molecular weight is 687 g/mol. The van der Waals surface area contributed by atoms with Gasteiger partial charge >= 0.3 is 256 Å². The van der Waals surface area contributed by atoms with Gasteiger partial charge in [0, 0.05) is 0 Å². The van der Waals surface area contributed by atoms with Crippen LogP contribution in [-0.2, 0) is 32.1 Å². The van der Waals surface area contributed by atoms with Crippen LogP contribution in [0.2, 0.25) is 0 Å². The minimum atomic E-state index is -2.33. The summed E-state index contributed by atoms with van der Waals surface area (Å²) in [5.74, 6) is 0.621. The standard InChI is InChI=1S/C23H29.C13H21.C3H6.2ClH.Zr/c1-14-9-16-11-17-10-15(2)21(23(6,7)8)13-19(17)18(16)12-20(14)22(3,4)5;1-5-6-7-11-8-9-12(10-11)13(2,3)4;1-3-2;;;/h9-13H,1-8H3;9-11H,5-7H2,1-4H3;1-2H3;2*1H;/q;;;;;+2/p-2. The number of hydrogen-bond acceptors (Lipinski definition) is 0. The van der Waals surface area contributed by atoms with Gasteiger partial charge in [0.2, 0.25) is 0 Å². The fraction of sp³-hybridized carbons (Fsp3) is 0.564. The van der Waals surface area contributed by atoms with Crippen molar-refractivity contribution < 1.29 is 46.1 Å². The van der Waals surface area contributed by atoms with Crippen LogP contribution < -0.4 is 24.8 Å². The zero-order valence-electron chi connectivity index (χ0n) is 29.0. The van der Waals surface area contributed by atoms with Gasteiger partial charge in [0.15, 0.2) is 0 Å². The summed E-state index contributed by atoms with van der Waals surface area (Å²) in [5.41, 5.74) is 14.2. The summed E-state index contributed by atoms with van der Waals surface area (Å²) in [7, 11) is 0. The summed E-state index contributed by atoms with van der Waals surface area (Å²) >= 11 is -2.33. The van der Waals surface area contributed by atoms with Crippen LogP contribution in [0.4, 0.5) is 0 Å². The topological polar surface area (TPSA) is 0 Å². The molecule has 0 radical (unpaired) electrons. The van der Waals surface area contributed by atoms with Crippen molar-refractivity contribution in [2.45, 2.75) is 131 Å². The van der Waals surface area contributed by atoms with Gasteiger partial charge in [0.05, 0.1) is 0 Å². The quantitative estimate of drug-likeness (QED) is 0.391. The normalized spacial score (nSPS) is 16.5. The molecule has 1 unspecified atom stereocenters. The van der Waals surface area contributed by atoms with Crippen LogP contribution in [0.25, 0.3) is 11.1 Å². The molecule has 4 rings (SSSR count). The minimum absolute atomic E-state index is 0. The Morgan fingerprint density at radius 2 is 1.17 bits per heavy atom. The van der Waals surface area contributed by atoms with E-state index in [0.29, 0.717) is 9.54 Å². The van der Waals surface area contributed by atoms with Crippen molar-refractivity contribution in [2.24, 2.45) is 11.3 Å². The molecule has 0 aliphatic heterocycles. The van der Waals surface area contributed by atoms with E-state index in [4.69, 9.17) is 0 Å². The first kappa shape index (κ1) is 37.4. The number of allylic oxidation sites excluding steroid dienone is 4. The van der Waals surface area contributed by atoms with Crippen LogP contribution in [0.5, 0.6) is 0 Å². The van der Waals surface area contributed by atoms with Gasteiger partial charge in [-0.2, -0.15) is 0 Å². The molecule has 3 heteroatoms. The summed E-state index contributed by atoms with van der Waals surface area (Å²) in [4.78, 5) is 0. The van der Waals surface area contributed by atoms with Crippen LogP contribution in [0, 0.1) is 25.2 Å². The van der Waals surface area contributed by atoms with Crippen LogP contribution in [0.15, 0.2) is 45.3 Å². The van der Waals surface area contributed by atoms with Crippen molar-refractivity contribution in [2.75, 3.05) is 0 Å². The van der Waals surface area contributed by atoms with Crippen LogP contribution >= 0.6 is 0 Å². The van der Waals surface area contributed by atoms with E-state index in [9.17, 15) is 0 Å². The monoisotopic (exact) mass is 684 g/mol. The number of aryl methyl sites for hydroxylation is 2. The molecule has 0 N–H and O–H groups in total. The van der Waals surface area contributed by atoms with E-state index in [2.05, 4.69) is 133 Å². The van der Waals surface area contributed by atoms with E-state index >= 15 is 0 Å². The van der Waals surface area contributed by atoms with Crippen molar-refractivity contribution in [3.05, 3.63) is 78.7 Å². The molecule has 2 aliphatic carbocycles. The molecule has 42 heavy (non-hydrogen) atoms. The Labute approximate surface area is 279 Å². The fourth-order valence-electron chi connectivity index (χ4n) is 7.28. The number of benzene rings is 2.